The van der Waals surface area contributed by atoms with E-state index in [1.54, 1.807) is 17.1 Å². The molecule has 1 aromatic carbocycles. The highest BCUT2D eigenvalue weighted by Crippen LogP contribution is 2.26. The van der Waals surface area contributed by atoms with E-state index in [2.05, 4.69) is 10.3 Å². The summed E-state index contributed by atoms with van der Waals surface area (Å²) in [6.45, 7) is -0.874. The number of thiazole rings is 1. The van der Waals surface area contributed by atoms with Crippen LogP contribution in [0.1, 0.15) is 5.69 Å². The molecule has 1 aromatic heterocycles. The number of aromatic nitrogens is 1. The summed E-state index contributed by atoms with van der Waals surface area (Å²) in [4.78, 5) is 5.50. The van der Waals surface area contributed by atoms with Gasteiger partial charge >= 0.3 is 6.18 Å². The van der Waals surface area contributed by atoms with E-state index in [0.717, 1.165) is 15.5 Å². The van der Waals surface area contributed by atoms with Gasteiger partial charge in [0.1, 0.15) is 5.01 Å². The molecule has 0 aliphatic rings. The second-order valence-electron chi connectivity index (χ2n) is 4.09. The first-order valence-corrected chi connectivity index (χ1v) is 7.95. The Labute approximate surface area is 123 Å². The van der Waals surface area contributed by atoms with Gasteiger partial charge in [0.15, 0.2) is 0 Å². The predicted molar refractivity (Wildman–Crippen MR) is 77.1 cm³/mol. The van der Waals surface area contributed by atoms with E-state index in [-0.39, 0.29) is 6.54 Å². The highest BCUT2D eigenvalue weighted by molar-refractivity contribution is 7.98. The van der Waals surface area contributed by atoms with Gasteiger partial charge < -0.3 is 5.32 Å². The molecule has 0 saturated heterocycles. The second kappa shape index (κ2) is 6.60. The minimum Gasteiger partial charge on any atom is -0.303 e. The number of thioether (sulfide) groups is 1. The van der Waals surface area contributed by atoms with Crippen molar-refractivity contribution in [2.24, 2.45) is 0 Å². The van der Waals surface area contributed by atoms with E-state index >= 15 is 0 Å². The van der Waals surface area contributed by atoms with Gasteiger partial charge in [0.05, 0.1) is 12.2 Å². The van der Waals surface area contributed by atoms with Crippen molar-refractivity contribution in [2.75, 3.05) is 12.8 Å². The van der Waals surface area contributed by atoms with Crippen molar-refractivity contribution in [1.82, 2.24) is 10.3 Å². The topological polar surface area (TPSA) is 24.9 Å². The van der Waals surface area contributed by atoms with Crippen LogP contribution in [0.2, 0.25) is 0 Å². The van der Waals surface area contributed by atoms with Gasteiger partial charge in [-0.1, -0.05) is 12.1 Å². The van der Waals surface area contributed by atoms with Crippen LogP contribution in [0, 0.1) is 0 Å². The third-order valence-electron chi connectivity index (χ3n) is 2.52. The maximum Gasteiger partial charge on any atom is 0.401 e. The van der Waals surface area contributed by atoms with Crippen molar-refractivity contribution in [3.8, 4) is 10.6 Å². The zero-order valence-electron chi connectivity index (χ0n) is 10.7. The normalized spacial score (nSPS) is 11.8. The second-order valence-corrected chi connectivity index (χ2v) is 5.83. The summed E-state index contributed by atoms with van der Waals surface area (Å²) >= 11 is 3.09. The standard InChI is InChI=1S/C13H13F3N2S2/c1-19-11-4-2-9(3-5-11)12-18-10(7-20-12)6-17-8-13(14,15)16/h2-5,7,17H,6,8H2,1H3. The maximum atomic E-state index is 12.0. The molecule has 0 fully saturated rings. The summed E-state index contributed by atoms with van der Waals surface area (Å²) in [5.41, 5.74) is 1.61. The average Bonchev–Trinajstić information content (AvgIpc) is 2.86. The molecule has 0 saturated carbocycles. The number of hydrogen-bond acceptors (Lipinski definition) is 4. The fourth-order valence-corrected chi connectivity index (χ4v) is 2.82. The molecule has 0 unspecified atom stereocenters. The molecule has 0 radical (unpaired) electrons. The van der Waals surface area contributed by atoms with Gasteiger partial charge in [-0.25, -0.2) is 4.98 Å². The van der Waals surface area contributed by atoms with E-state index in [9.17, 15) is 13.2 Å². The van der Waals surface area contributed by atoms with Gasteiger partial charge in [-0.05, 0) is 18.4 Å². The van der Waals surface area contributed by atoms with E-state index in [4.69, 9.17) is 0 Å². The number of alkyl halides is 3. The number of halogens is 3. The van der Waals surface area contributed by atoms with Gasteiger partial charge in [0.2, 0.25) is 0 Å². The monoisotopic (exact) mass is 318 g/mol. The van der Waals surface area contributed by atoms with Gasteiger partial charge in [0.25, 0.3) is 0 Å². The van der Waals surface area contributed by atoms with Crippen LogP contribution in [0.5, 0.6) is 0 Å². The summed E-state index contributed by atoms with van der Waals surface area (Å²) in [6.07, 6.45) is -2.19. The number of benzene rings is 1. The number of rotatable bonds is 5. The lowest BCUT2D eigenvalue weighted by atomic mass is 10.2. The molecule has 0 aliphatic heterocycles. The highest BCUT2D eigenvalue weighted by Gasteiger charge is 2.26. The molecule has 7 heteroatoms. The van der Waals surface area contributed by atoms with Gasteiger partial charge in [-0.3, -0.25) is 0 Å². The van der Waals surface area contributed by atoms with Crippen molar-refractivity contribution in [3.63, 3.8) is 0 Å². The summed E-state index contributed by atoms with van der Waals surface area (Å²) in [5, 5.41) is 4.94. The van der Waals surface area contributed by atoms with Crippen LogP contribution < -0.4 is 5.32 Å². The van der Waals surface area contributed by atoms with Crippen LogP contribution in [0.15, 0.2) is 34.5 Å². The fraction of sp³-hybridized carbons (Fsp3) is 0.308. The van der Waals surface area contributed by atoms with Crippen molar-refractivity contribution in [1.29, 1.82) is 0 Å². The van der Waals surface area contributed by atoms with Crippen molar-refractivity contribution in [2.45, 2.75) is 17.6 Å². The van der Waals surface area contributed by atoms with Crippen molar-refractivity contribution >= 4 is 23.1 Å². The molecule has 108 valence electrons. The Morgan fingerprint density at radius 3 is 2.55 bits per heavy atom. The zero-order chi connectivity index (χ0) is 14.6. The first-order valence-electron chi connectivity index (χ1n) is 5.84. The summed E-state index contributed by atoms with van der Waals surface area (Å²) < 4.78 is 36.1. The molecule has 1 heterocycles. The van der Waals surface area contributed by atoms with E-state index in [0.29, 0.717) is 5.69 Å². The summed E-state index contributed by atoms with van der Waals surface area (Å²) in [7, 11) is 0. The van der Waals surface area contributed by atoms with Gasteiger partial charge in [0, 0.05) is 22.4 Å². The molecular weight excluding hydrogens is 305 g/mol. The van der Waals surface area contributed by atoms with Gasteiger partial charge in [-0.2, -0.15) is 13.2 Å². The van der Waals surface area contributed by atoms with Crippen LogP contribution in [0.25, 0.3) is 10.6 Å². The molecule has 20 heavy (non-hydrogen) atoms. The minimum absolute atomic E-state index is 0.124. The van der Waals surface area contributed by atoms with E-state index in [1.165, 1.54) is 11.3 Å². The highest BCUT2D eigenvalue weighted by atomic mass is 32.2. The Balaban J connectivity index is 1.97. The minimum atomic E-state index is -4.19. The number of hydrogen-bond donors (Lipinski definition) is 1. The lowest BCUT2D eigenvalue weighted by Crippen LogP contribution is -2.28. The number of nitrogens with one attached hydrogen (secondary N) is 1. The summed E-state index contributed by atoms with van der Waals surface area (Å²) in [5.74, 6) is 0. The smallest absolute Gasteiger partial charge is 0.303 e. The van der Waals surface area contributed by atoms with Crippen LogP contribution in [-0.4, -0.2) is 24.0 Å². The zero-order valence-corrected chi connectivity index (χ0v) is 12.3. The molecule has 0 aliphatic carbocycles. The Bertz CT molecular complexity index is 549. The largest absolute Gasteiger partial charge is 0.401 e. The molecular formula is C13H13F3N2S2. The number of nitrogens with zero attached hydrogens (tertiary/aromatic N) is 1. The van der Waals surface area contributed by atoms with E-state index in [1.807, 2.05) is 30.5 Å². The Morgan fingerprint density at radius 1 is 1.25 bits per heavy atom. The molecule has 0 atom stereocenters. The Hall–Kier alpha value is -1.05. The first-order chi connectivity index (χ1) is 9.48. The van der Waals surface area contributed by atoms with Crippen LogP contribution >= 0.6 is 23.1 Å². The fourth-order valence-electron chi connectivity index (χ4n) is 1.59. The molecule has 2 nitrogen and oxygen atoms in total. The SMILES string of the molecule is CSc1ccc(-c2nc(CNCC(F)(F)F)cs2)cc1. The van der Waals surface area contributed by atoms with Crippen molar-refractivity contribution in [3.05, 3.63) is 35.3 Å². The Kier molecular flexibility index (Phi) is 5.06. The average molecular weight is 318 g/mol. The van der Waals surface area contributed by atoms with Gasteiger partial charge in [-0.15, -0.1) is 23.1 Å². The molecule has 0 amide bonds. The molecule has 0 spiro atoms. The third kappa shape index (κ3) is 4.50. The lowest BCUT2D eigenvalue weighted by molar-refractivity contribution is -0.125. The third-order valence-corrected chi connectivity index (χ3v) is 4.20. The van der Waals surface area contributed by atoms with Crippen LogP contribution in [0.3, 0.4) is 0 Å². The first kappa shape index (κ1) is 15.3. The van der Waals surface area contributed by atoms with Crippen molar-refractivity contribution < 1.29 is 13.2 Å². The summed E-state index contributed by atoms with van der Waals surface area (Å²) in [6, 6.07) is 7.95. The Morgan fingerprint density at radius 2 is 1.95 bits per heavy atom. The molecule has 0 bridgehead atoms. The van der Waals surface area contributed by atoms with E-state index < -0.39 is 12.7 Å². The van der Waals surface area contributed by atoms with Crippen LogP contribution in [-0.2, 0) is 6.54 Å². The quantitative estimate of drug-likeness (QED) is 0.837. The molecule has 2 aromatic rings. The molecule has 2 rings (SSSR count). The lowest BCUT2D eigenvalue weighted by Gasteiger charge is -2.06. The van der Waals surface area contributed by atoms with Crippen LogP contribution in [0.4, 0.5) is 13.2 Å². The maximum absolute atomic E-state index is 12.0. The molecule has 1 N–H and O–H groups in total. The predicted octanol–water partition coefficient (Wildman–Crippen LogP) is 4.18.